The third-order valence-electron chi connectivity index (χ3n) is 4.14. The molecule has 0 aromatic heterocycles. The quantitative estimate of drug-likeness (QED) is 0.826. The largest absolute Gasteiger partial charge is 0.497 e. The number of methoxy groups -OCH3 is 1. The number of piperidine rings is 1. The molecule has 2 rings (SSSR count). The van der Waals surface area contributed by atoms with Gasteiger partial charge in [0, 0.05) is 18.7 Å². The minimum absolute atomic E-state index is 0.0487. The Bertz CT molecular complexity index is 629. The molecule has 0 bridgehead atoms. The molecule has 0 aliphatic carbocycles. The van der Waals surface area contributed by atoms with Crippen molar-refractivity contribution in [3.63, 3.8) is 0 Å². The summed E-state index contributed by atoms with van der Waals surface area (Å²) in [5.74, 6) is 1.02. The van der Waals surface area contributed by atoms with Crippen LogP contribution in [-0.4, -0.2) is 50.4 Å². The SMILES string of the molecule is COc1ccc(C(=O)N2CCC(S(=O)(=O)CC(C)C)CC2)cc1. The first-order chi connectivity index (χ1) is 10.8. The van der Waals surface area contributed by atoms with E-state index in [2.05, 4.69) is 0 Å². The minimum atomic E-state index is -3.06. The number of hydrogen-bond acceptors (Lipinski definition) is 4. The summed E-state index contributed by atoms with van der Waals surface area (Å²) in [6.07, 6.45) is 1.05. The molecule has 0 saturated carbocycles. The normalized spacial score (nSPS) is 16.6. The van der Waals surface area contributed by atoms with Crippen molar-refractivity contribution >= 4 is 15.7 Å². The molecule has 23 heavy (non-hydrogen) atoms. The number of likely N-dealkylation sites (tertiary alicyclic amines) is 1. The van der Waals surface area contributed by atoms with Gasteiger partial charge in [-0.2, -0.15) is 0 Å². The van der Waals surface area contributed by atoms with Gasteiger partial charge in [0.2, 0.25) is 0 Å². The van der Waals surface area contributed by atoms with E-state index >= 15 is 0 Å². The van der Waals surface area contributed by atoms with Crippen molar-refractivity contribution in [1.29, 1.82) is 0 Å². The summed E-state index contributed by atoms with van der Waals surface area (Å²) in [5.41, 5.74) is 0.606. The Morgan fingerprint density at radius 1 is 1.22 bits per heavy atom. The molecule has 0 spiro atoms. The maximum absolute atomic E-state index is 12.5. The van der Waals surface area contributed by atoms with E-state index < -0.39 is 9.84 Å². The first kappa shape index (κ1) is 17.8. The van der Waals surface area contributed by atoms with Crippen LogP contribution in [0.2, 0.25) is 0 Å². The average molecular weight is 339 g/mol. The molecule has 1 amide bonds. The lowest BCUT2D eigenvalue weighted by molar-refractivity contribution is 0.0725. The van der Waals surface area contributed by atoms with Gasteiger partial charge in [-0.05, 0) is 43.0 Å². The zero-order chi connectivity index (χ0) is 17.0. The first-order valence-electron chi connectivity index (χ1n) is 7.98. The van der Waals surface area contributed by atoms with Gasteiger partial charge in [-0.15, -0.1) is 0 Å². The van der Waals surface area contributed by atoms with E-state index in [-0.39, 0.29) is 22.8 Å². The van der Waals surface area contributed by atoms with Gasteiger partial charge in [0.25, 0.3) is 5.91 Å². The van der Waals surface area contributed by atoms with Crippen molar-refractivity contribution in [2.45, 2.75) is 31.9 Å². The maximum atomic E-state index is 12.5. The second-order valence-electron chi connectivity index (χ2n) is 6.44. The van der Waals surface area contributed by atoms with E-state index in [1.165, 1.54) is 0 Å². The van der Waals surface area contributed by atoms with Crippen LogP contribution in [0.3, 0.4) is 0 Å². The summed E-state index contributed by atoms with van der Waals surface area (Å²) in [4.78, 5) is 14.2. The lowest BCUT2D eigenvalue weighted by Gasteiger charge is -2.32. The molecule has 1 saturated heterocycles. The van der Waals surface area contributed by atoms with E-state index in [1.807, 2.05) is 13.8 Å². The molecule has 0 unspecified atom stereocenters. The molecular weight excluding hydrogens is 314 g/mol. The Morgan fingerprint density at radius 2 is 1.78 bits per heavy atom. The monoisotopic (exact) mass is 339 g/mol. The molecule has 1 aliphatic heterocycles. The van der Waals surface area contributed by atoms with E-state index in [9.17, 15) is 13.2 Å². The highest BCUT2D eigenvalue weighted by atomic mass is 32.2. The number of sulfone groups is 1. The topological polar surface area (TPSA) is 63.7 Å². The Balaban J connectivity index is 1.97. The zero-order valence-corrected chi connectivity index (χ0v) is 14.8. The number of carbonyl (C=O) groups is 1. The standard InChI is InChI=1S/C17H25NO4S/c1-13(2)12-23(20,21)16-8-10-18(11-9-16)17(19)14-4-6-15(22-3)7-5-14/h4-7,13,16H,8-12H2,1-3H3. The predicted molar refractivity (Wildman–Crippen MR) is 90.5 cm³/mol. The predicted octanol–water partition coefficient (Wildman–Crippen LogP) is 2.37. The van der Waals surface area contributed by atoms with Gasteiger partial charge in [-0.1, -0.05) is 13.8 Å². The first-order valence-corrected chi connectivity index (χ1v) is 9.70. The van der Waals surface area contributed by atoms with Crippen LogP contribution in [0.25, 0.3) is 0 Å². The highest BCUT2D eigenvalue weighted by Crippen LogP contribution is 2.22. The Kier molecular flexibility index (Phi) is 5.68. The smallest absolute Gasteiger partial charge is 0.253 e. The van der Waals surface area contributed by atoms with Crippen molar-refractivity contribution < 1.29 is 17.9 Å². The fourth-order valence-electron chi connectivity index (χ4n) is 2.93. The summed E-state index contributed by atoms with van der Waals surface area (Å²) in [6, 6.07) is 6.99. The molecule has 0 radical (unpaired) electrons. The van der Waals surface area contributed by atoms with Crippen molar-refractivity contribution in [1.82, 2.24) is 4.90 Å². The Hall–Kier alpha value is -1.56. The molecule has 5 nitrogen and oxygen atoms in total. The van der Waals surface area contributed by atoms with E-state index in [1.54, 1.807) is 36.3 Å². The number of hydrogen-bond donors (Lipinski definition) is 0. The molecule has 1 aromatic rings. The van der Waals surface area contributed by atoms with E-state index in [0.717, 1.165) is 0 Å². The number of nitrogens with zero attached hydrogens (tertiary/aromatic N) is 1. The number of ether oxygens (including phenoxy) is 1. The number of carbonyl (C=O) groups excluding carboxylic acids is 1. The average Bonchev–Trinajstić information content (AvgIpc) is 2.53. The van der Waals surface area contributed by atoms with E-state index in [4.69, 9.17) is 4.74 Å². The number of rotatable bonds is 5. The molecule has 128 valence electrons. The van der Waals surface area contributed by atoms with Crippen LogP contribution in [-0.2, 0) is 9.84 Å². The molecule has 1 aromatic carbocycles. The van der Waals surface area contributed by atoms with Gasteiger partial charge in [0.1, 0.15) is 5.75 Å². The Morgan fingerprint density at radius 3 is 2.26 bits per heavy atom. The summed E-state index contributed by atoms with van der Waals surface area (Å²) in [5, 5.41) is -0.315. The molecule has 1 aliphatic rings. The van der Waals surface area contributed by atoms with Crippen molar-refractivity contribution in [2.75, 3.05) is 26.0 Å². The van der Waals surface area contributed by atoms with Crippen molar-refractivity contribution in [3.05, 3.63) is 29.8 Å². The summed E-state index contributed by atoms with van der Waals surface area (Å²) in [6.45, 7) is 4.82. The molecule has 1 fully saturated rings. The second-order valence-corrected chi connectivity index (χ2v) is 8.77. The van der Waals surface area contributed by atoms with Crippen LogP contribution in [0.15, 0.2) is 24.3 Å². The highest BCUT2D eigenvalue weighted by Gasteiger charge is 2.32. The fourth-order valence-corrected chi connectivity index (χ4v) is 5.07. The number of amides is 1. The second kappa shape index (κ2) is 7.34. The molecule has 6 heteroatoms. The Labute approximate surface area is 138 Å². The van der Waals surface area contributed by atoms with Crippen LogP contribution >= 0.6 is 0 Å². The van der Waals surface area contributed by atoms with Gasteiger partial charge >= 0.3 is 0 Å². The van der Waals surface area contributed by atoms with Crippen molar-refractivity contribution in [3.8, 4) is 5.75 Å². The van der Waals surface area contributed by atoms with Gasteiger partial charge < -0.3 is 9.64 Å². The molecule has 0 atom stereocenters. The lowest BCUT2D eigenvalue weighted by atomic mass is 10.1. The molecule has 1 heterocycles. The van der Waals surface area contributed by atoms with Gasteiger partial charge in [0.05, 0.1) is 18.1 Å². The number of benzene rings is 1. The van der Waals surface area contributed by atoms with Gasteiger partial charge in [-0.3, -0.25) is 4.79 Å². The third kappa shape index (κ3) is 4.47. The zero-order valence-electron chi connectivity index (χ0n) is 14.0. The summed E-state index contributed by atoms with van der Waals surface area (Å²) in [7, 11) is -1.48. The van der Waals surface area contributed by atoms with E-state index in [0.29, 0.717) is 37.2 Å². The van der Waals surface area contributed by atoms with Crippen LogP contribution in [0, 0.1) is 5.92 Å². The highest BCUT2D eigenvalue weighted by molar-refractivity contribution is 7.92. The fraction of sp³-hybridized carbons (Fsp3) is 0.588. The summed E-state index contributed by atoms with van der Waals surface area (Å²) < 4.78 is 29.7. The van der Waals surface area contributed by atoms with Crippen LogP contribution in [0.5, 0.6) is 5.75 Å². The summed E-state index contributed by atoms with van der Waals surface area (Å²) >= 11 is 0. The van der Waals surface area contributed by atoms with Crippen LogP contribution in [0.4, 0.5) is 0 Å². The van der Waals surface area contributed by atoms with Crippen molar-refractivity contribution in [2.24, 2.45) is 5.92 Å². The molecule has 0 N–H and O–H groups in total. The maximum Gasteiger partial charge on any atom is 0.253 e. The molecular formula is C17H25NO4S. The minimum Gasteiger partial charge on any atom is -0.497 e. The lowest BCUT2D eigenvalue weighted by Crippen LogP contribution is -2.43. The third-order valence-corrected chi connectivity index (χ3v) is 6.76. The van der Waals surface area contributed by atoms with Crippen LogP contribution < -0.4 is 4.74 Å². The van der Waals surface area contributed by atoms with Crippen LogP contribution in [0.1, 0.15) is 37.0 Å². The van der Waals surface area contributed by atoms with Gasteiger partial charge in [-0.25, -0.2) is 8.42 Å². The van der Waals surface area contributed by atoms with Gasteiger partial charge in [0.15, 0.2) is 9.84 Å².